The van der Waals surface area contributed by atoms with E-state index in [0.717, 1.165) is 96.1 Å². The van der Waals surface area contributed by atoms with Crippen molar-refractivity contribution in [2.24, 2.45) is 54.1 Å². The van der Waals surface area contributed by atoms with Crippen molar-refractivity contribution in [3.8, 4) is 0 Å². The lowest BCUT2D eigenvalue weighted by Gasteiger charge is -2.49. The largest absolute Gasteiger partial charge is 0.381 e. The standard InChI is InChI=1S/C9H16.2C8H15N.2C8H14O.C8H14.2C7H13N.C7H12O.C6H11NO.2C6H11N/c1-2-5-9(6-3-1)7-4-8-9;2*1-2-4-8(3-1)5-6-9-7-8;1-2-7-9-8(4-1)5-3-6-8;1-2-4-8(3-1)5-6-9-7-8;1-2-5-8(4-1)6-3-7-8;3*1-2-4-7(3-1)5-8-6-7;1-2-6(1)5-7-3-4-8-6;2*1-2-6(3-1)4-7-5-6/h1-8H2;2*9H,1-7H2;2*1-7H2;1-7H2;2*8H,1-6H2;1-6H2;7H,1-5H2;2*7H,1-5H2. The summed E-state index contributed by atoms with van der Waals surface area (Å²) in [5.41, 5.74) is 8.73. The van der Waals surface area contributed by atoms with Gasteiger partial charge in [-0.3, -0.25) is 0 Å². The molecule has 0 aromatic heterocycles. The second-order valence-corrected chi connectivity index (χ2v) is 40.0. The van der Waals surface area contributed by atoms with Crippen LogP contribution in [0, 0.1) is 54.1 Å². The summed E-state index contributed by atoms with van der Waals surface area (Å²) >= 11 is 0. The predicted octanol–water partition coefficient (Wildman–Crippen LogP) is 18.5. The zero-order chi connectivity index (χ0) is 67.5. The minimum Gasteiger partial charge on any atom is -0.381 e. The number of morpholine rings is 1. The van der Waals surface area contributed by atoms with Crippen molar-refractivity contribution in [3.05, 3.63) is 0 Å². The van der Waals surface area contributed by atoms with Gasteiger partial charge in [0.1, 0.15) is 0 Å². The third kappa shape index (κ3) is 21.3. The first-order valence-electron chi connectivity index (χ1n) is 44.9. The number of hydrogen-bond acceptors (Lipinski definition) is 11. The van der Waals surface area contributed by atoms with Crippen LogP contribution in [-0.2, 0) is 18.9 Å². The molecular formula is C88H159N7O4. The molecule has 10 saturated heterocycles. The molecule has 0 radical (unpaired) electrons. The summed E-state index contributed by atoms with van der Waals surface area (Å²) in [5, 5.41) is 23.5. The van der Waals surface area contributed by atoms with Gasteiger partial charge in [0, 0.05) is 97.2 Å². The molecule has 0 unspecified atom stereocenters. The van der Waals surface area contributed by atoms with Gasteiger partial charge in [0.2, 0.25) is 0 Å². The smallest absolute Gasteiger partial charge is 0.0809 e. The highest BCUT2D eigenvalue weighted by atomic mass is 16.5. The Morgan fingerprint density at radius 3 is 0.646 bits per heavy atom. The van der Waals surface area contributed by atoms with E-state index in [-0.39, 0.29) is 0 Å². The van der Waals surface area contributed by atoms with Crippen molar-refractivity contribution < 1.29 is 18.9 Å². The van der Waals surface area contributed by atoms with E-state index >= 15 is 0 Å². The van der Waals surface area contributed by atoms with Gasteiger partial charge in [-0.25, -0.2) is 0 Å². The zero-order valence-corrected chi connectivity index (χ0v) is 64.9. The first-order chi connectivity index (χ1) is 48.5. The molecule has 10 aliphatic heterocycles. The third-order valence-corrected chi connectivity index (χ3v) is 32.5. The van der Waals surface area contributed by atoms with Crippen molar-refractivity contribution in [3.63, 3.8) is 0 Å². The Morgan fingerprint density at radius 1 is 0.152 bits per heavy atom. The monoisotopic (exact) mass is 1380 g/mol. The molecule has 0 atom stereocenters. The molecule has 0 bridgehead atoms. The van der Waals surface area contributed by atoms with Crippen LogP contribution in [0.1, 0.15) is 360 Å². The van der Waals surface area contributed by atoms with E-state index in [9.17, 15) is 0 Å². The van der Waals surface area contributed by atoms with E-state index in [1.54, 1.807) is 51.4 Å². The molecule has 11 nitrogen and oxygen atoms in total. The fourth-order valence-corrected chi connectivity index (χ4v) is 23.4. The summed E-state index contributed by atoms with van der Waals surface area (Å²) in [7, 11) is 0. The van der Waals surface area contributed by atoms with Crippen LogP contribution in [0.2, 0.25) is 0 Å². The Bertz CT molecular complexity index is 1920. The lowest BCUT2D eigenvalue weighted by Crippen LogP contribution is -2.57. The summed E-state index contributed by atoms with van der Waals surface area (Å²) in [5.74, 6) is 0. The highest BCUT2D eigenvalue weighted by Gasteiger charge is 2.48. The van der Waals surface area contributed by atoms with E-state index in [1.807, 2.05) is 0 Å². The van der Waals surface area contributed by atoms with E-state index in [1.165, 1.54) is 387 Å². The quantitative estimate of drug-likeness (QED) is 0.126. The van der Waals surface area contributed by atoms with Crippen LogP contribution in [0.15, 0.2) is 0 Å². The van der Waals surface area contributed by atoms with Gasteiger partial charge in [-0.1, -0.05) is 135 Å². The van der Waals surface area contributed by atoms with E-state index in [2.05, 4.69) is 37.2 Å². The van der Waals surface area contributed by atoms with Gasteiger partial charge in [0.05, 0.1) is 37.6 Å². The molecule has 0 amide bonds. The molecule has 0 aromatic rings. The minimum atomic E-state index is 0.318. The highest BCUT2D eigenvalue weighted by molar-refractivity contribution is 5.02. The van der Waals surface area contributed by atoms with Gasteiger partial charge in [-0.2, -0.15) is 0 Å². The van der Waals surface area contributed by atoms with Crippen LogP contribution < -0.4 is 37.2 Å². The van der Waals surface area contributed by atoms with Crippen LogP contribution in [-0.4, -0.2) is 142 Å². The number of hydrogen-bond donors (Lipinski definition) is 7. The van der Waals surface area contributed by atoms with Crippen molar-refractivity contribution >= 4 is 0 Å². The number of ether oxygens (including phenoxy) is 4. The van der Waals surface area contributed by atoms with Gasteiger partial charge < -0.3 is 56.2 Å². The molecule has 14 saturated carbocycles. The summed E-state index contributed by atoms with van der Waals surface area (Å²) in [6, 6.07) is 0. The SMILES string of the molecule is C1CC2(C1)CNC2.C1CC2(C1)CNC2.C1CCC2(C1)CCC2.C1CCC2(C1)CCNC2.C1CCC2(C1)CCNC2.C1CCC2(C1)CCOC2.C1CCC2(C1)CNC2.C1CCC2(C1)CNC2.C1CCC2(C1)COC2.C1CCC2(CC1)CCC2.C1CCC2(CCC2)OC1.C1COC2(CC2)CN1. The Morgan fingerprint density at radius 2 is 0.444 bits per heavy atom. The topological polar surface area (TPSA) is 121 Å². The lowest BCUT2D eigenvalue weighted by molar-refractivity contribution is -0.127. The van der Waals surface area contributed by atoms with E-state index < -0.39 is 0 Å². The Hall–Kier alpha value is -0.440. The zero-order valence-electron chi connectivity index (χ0n) is 64.9. The summed E-state index contributed by atoms with van der Waals surface area (Å²) in [6.45, 7) is 24.0. The Kier molecular flexibility index (Phi) is 28.0. The van der Waals surface area contributed by atoms with Gasteiger partial charge >= 0.3 is 0 Å². The third-order valence-electron chi connectivity index (χ3n) is 32.5. The van der Waals surface area contributed by atoms with E-state index in [0.29, 0.717) is 22.0 Å². The first-order valence-corrected chi connectivity index (χ1v) is 44.9. The summed E-state index contributed by atoms with van der Waals surface area (Å²) in [6.07, 6.45) is 82.5. The molecular weight excluding hydrogens is 1220 g/mol. The maximum atomic E-state index is 5.70. The maximum Gasteiger partial charge on any atom is 0.0809 e. The normalized spacial score (nSPS) is 32.7. The van der Waals surface area contributed by atoms with Gasteiger partial charge in [0.25, 0.3) is 0 Å². The van der Waals surface area contributed by atoms with Crippen LogP contribution in [0.5, 0.6) is 0 Å². The predicted molar refractivity (Wildman–Crippen MR) is 412 cm³/mol. The van der Waals surface area contributed by atoms with Gasteiger partial charge in [-0.15, -0.1) is 0 Å². The van der Waals surface area contributed by atoms with Crippen LogP contribution in [0.25, 0.3) is 0 Å². The van der Waals surface area contributed by atoms with Crippen LogP contribution in [0.4, 0.5) is 0 Å². The van der Waals surface area contributed by atoms with Crippen molar-refractivity contribution in [1.82, 2.24) is 37.2 Å². The second-order valence-electron chi connectivity index (χ2n) is 40.0. The van der Waals surface area contributed by atoms with Crippen LogP contribution in [0.3, 0.4) is 0 Å². The first kappa shape index (κ1) is 76.7. The average Bonchev–Trinajstić information content (AvgIpc) is 1.80. The summed E-state index contributed by atoms with van der Waals surface area (Å²) in [4.78, 5) is 0. The molecule has 14 aliphatic carbocycles. The molecule has 10 heterocycles. The maximum absolute atomic E-state index is 5.70. The molecule has 12 spiro atoms. The molecule has 11 heteroatoms. The second kappa shape index (κ2) is 36.2. The minimum absolute atomic E-state index is 0.318. The number of nitrogens with one attached hydrogen (secondary N) is 7. The van der Waals surface area contributed by atoms with Crippen LogP contribution >= 0.6 is 0 Å². The molecule has 570 valence electrons. The van der Waals surface area contributed by atoms with E-state index in [4.69, 9.17) is 18.9 Å². The lowest BCUT2D eigenvalue weighted by atomic mass is 9.61. The van der Waals surface area contributed by atoms with Crippen molar-refractivity contribution in [2.75, 3.05) is 131 Å². The Balaban J connectivity index is 0.0000000970. The molecule has 24 rings (SSSR count). The number of rotatable bonds is 0. The summed E-state index contributed by atoms with van der Waals surface area (Å²) < 4.78 is 21.8. The van der Waals surface area contributed by atoms with Crippen molar-refractivity contribution in [1.29, 1.82) is 0 Å². The fourth-order valence-electron chi connectivity index (χ4n) is 23.4. The molecule has 7 N–H and O–H groups in total. The molecule has 0 aromatic carbocycles. The average molecular weight is 1380 g/mol. The van der Waals surface area contributed by atoms with Crippen molar-refractivity contribution in [2.45, 2.75) is 371 Å². The molecule has 24 aliphatic rings. The van der Waals surface area contributed by atoms with Gasteiger partial charge in [0.15, 0.2) is 0 Å². The fraction of sp³-hybridized carbons (Fsp3) is 1.00. The highest BCUT2D eigenvalue weighted by Crippen LogP contribution is 2.54. The van der Waals surface area contributed by atoms with Gasteiger partial charge in [-0.05, 0) is 287 Å². The molecule has 99 heavy (non-hydrogen) atoms. The molecule has 24 fully saturated rings. The Labute approximate surface area is 609 Å².